The van der Waals surface area contributed by atoms with Gasteiger partial charge < -0.3 is 4.90 Å². The van der Waals surface area contributed by atoms with E-state index in [-0.39, 0.29) is 0 Å². The predicted molar refractivity (Wildman–Crippen MR) is 66.1 cm³/mol. The molecule has 1 heterocycles. The fourth-order valence-electron chi connectivity index (χ4n) is 2.05. The minimum absolute atomic E-state index is 0.759. The van der Waals surface area contributed by atoms with Crippen molar-refractivity contribution in [1.29, 1.82) is 0 Å². The lowest BCUT2D eigenvalue weighted by molar-refractivity contribution is 0.225. The van der Waals surface area contributed by atoms with Crippen molar-refractivity contribution in [2.24, 2.45) is 0 Å². The zero-order valence-electron chi connectivity index (χ0n) is 9.32. The lowest BCUT2D eigenvalue weighted by Gasteiger charge is -2.25. The molecule has 1 rings (SSSR count). The van der Waals surface area contributed by atoms with Crippen LogP contribution in [0.15, 0.2) is 12.2 Å². The van der Waals surface area contributed by atoms with Gasteiger partial charge in [0.1, 0.15) is 0 Å². The molecule has 1 atom stereocenters. The highest BCUT2D eigenvalue weighted by Gasteiger charge is 2.23. The van der Waals surface area contributed by atoms with Crippen LogP contribution in [0.3, 0.4) is 0 Å². The SMILES string of the molecule is CN(C)CC1CCCN1CC=CCS. The van der Waals surface area contributed by atoms with Crippen molar-refractivity contribution < 1.29 is 0 Å². The van der Waals surface area contributed by atoms with Gasteiger partial charge in [-0.1, -0.05) is 12.2 Å². The Hall–Kier alpha value is 0.01000. The Labute approximate surface area is 93.4 Å². The maximum absolute atomic E-state index is 4.16. The van der Waals surface area contributed by atoms with Crippen molar-refractivity contribution in [1.82, 2.24) is 9.80 Å². The van der Waals surface area contributed by atoms with Gasteiger partial charge >= 0.3 is 0 Å². The molecule has 3 heteroatoms. The van der Waals surface area contributed by atoms with Crippen molar-refractivity contribution in [2.45, 2.75) is 18.9 Å². The van der Waals surface area contributed by atoms with E-state index in [2.05, 4.69) is 48.7 Å². The van der Waals surface area contributed by atoms with Crippen LogP contribution in [0.5, 0.6) is 0 Å². The smallest absolute Gasteiger partial charge is 0.0226 e. The van der Waals surface area contributed by atoms with E-state index in [0.29, 0.717) is 0 Å². The van der Waals surface area contributed by atoms with Crippen LogP contribution in [0, 0.1) is 0 Å². The summed E-state index contributed by atoms with van der Waals surface area (Å²) >= 11 is 4.16. The van der Waals surface area contributed by atoms with E-state index in [1.54, 1.807) is 0 Å². The van der Waals surface area contributed by atoms with Gasteiger partial charge in [0, 0.05) is 24.9 Å². The molecule has 1 aliphatic heterocycles. The van der Waals surface area contributed by atoms with Crippen LogP contribution < -0.4 is 0 Å². The molecule has 82 valence electrons. The fraction of sp³-hybridized carbons (Fsp3) is 0.818. The first-order valence-electron chi connectivity index (χ1n) is 5.38. The lowest BCUT2D eigenvalue weighted by atomic mass is 10.2. The van der Waals surface area contributed by atoms with E-state index >= 15 is 0 Å². The van der Waals surface area contributed by atoms with Gasteiger partial charge in [0.15, 0.2) is 0 Å². The van der Waals surface area contributed by atoms with Crippen molar-refractivity contribution in [3.05, 3.63) is 12.2 Å². The Kier molecular flexibility index (Phi) is 5.60. The van der Waals surface area contributed by atoms with Gasteiger partial charge in [-0.2, -0.15) is 12.6 Å². The topological polar surface area (TPSA) is 6.48 Å². The maximum atomic E-state index is 4.16. The first-order valence-corrected chi connectivity index (χ1v) is 6.02. The molecule has 0 N–H and O–H groups in total. The van der Waals surface area contributed by atoms with Crippen LogP contribution in [-0.4, -0.2) is 55.3 Å². The summed E-state index contributed by atoms with van der Waals surface area (Å²) in [6.45, 7) is 3.54. The summed E-state index contributed by atoms with van der Waals surface area (Å²) in [5.41, 5.74) is 0. The van der Waals surface area contributed by atoms with Crippen LogP contribution in [-0.2, 0) is 0 Å². The van der Waals surface area contributed by atoms with Crippen LogP contribution >= 0.6 is 12.6 Å². The Morgan fingerprint density at radius 1 is 1.43 bits per heavy atom. The molecule has 2 nitrogen and oxygen atoms in total. The molecule has 0 spiro atoms. The number of thiol groups is 1. The van der Waals surface area contributed by atoms with Gasteiger partial charge in [0.2, 0.25) is 0 Å². The lowest BCUT2D eigenvalue weighted by Crippen LogP contribution is -2.37. The summed E-state index contributed by atoms with van der Waals surface area (Å²) < 4.78 is 0. The number of likely N-dealkylation sites (tertiary alicyclic amines) is 1. The third-order valence-electron chi connectivity index (χ3n) is 2.69. The van der Waals surface area contributed by atoms with Gasteiger partial charge in [0.05, 0.1) is 0 Å². The average Bonchev–Trinajstić information content (AvgIpc) is 2.52. The molecule has 0 aromatic rings. The number of nitrogens with zero attached hydrogens (tertiary/aromatic N) is 2. The van der Waals surface area contributed by atoms with E-state index in [9.17, 15) is 0 Å². The maximum Gasteiger partial charge on any atom is 0.0226 e. The highest BCUT2D eigenvalue weighted by Crippen LogP contribution is 2.17. The Morgan fingerprint density at radius 2 is 2.21 bits per heavy atom. The van der Waals surface area contributed by atoms with Crippen LogP contribution in [0.2, 0.25) is 0 Å². The molecule has 0 aromatic heterocycles. The quantitative estimate of drug-likeness (QED) is 0.547. The van der Waals surface area contributed by atoms with Crippen molar-refractivity contribution in [3.8, 4) is 0 Å². The Bertz CT molecular complexity index is 180. The second kappa shape index (κ2) is 6.49. The zero-order chi connectivity index (χ0) is 10.4. The Morgan fingerprint density at radius 3 is 2.86 bits per heavy atom. The van der Waals surface area contributed by atoms with Gasteiger partial charge in [-0.25, -0.2) is 0 Å². The highest BCUT2D eigenvalue weighted by molar-refractivity contribution is 7.80. The standard InChI is InChI=1S/C11H22N2S/c1-12(2)10-11-6-5-8-13(11)7-3-4-9-14/h3-4,11,14H,5-10H2,1-2H3. The highest BCUT2D eigenvalue weighted by atomic mass is 32.1. The summed E-state index contributed by atoms with van der Waals surface area (Å²) in [6, 6.07) is 0.759. The van der Waals surface area contributed by atoms with Gasteiger partial charge in [-0.05, 0) is 33.5 Å². The molecule has 0 saturated carbocycles. The van der Waals surface area contributed by atoms with Crippen molar-refractivity contribution >= 4 is 12.6 Å². The number of hydrogen-bond donors (Lipinski definition) is 1. The van der Waals surface area contributed by atoms with Crippen LogP contribution in [0.1, 0.15) is 12.8 Å². The molecule has 0 aliphatic carbocycles. The normalized spacial score (nSPS) is 24.1. The Balaban J connectivity index is 2.31. The zero-order valence-corrected chi connectivity index (χ0v) is 10.2. The minimum atomic E-state index is 0.759. The number of likely N-dealkylation sites (N-methyl/N-ethyl adjacent to an activating group) is 1. The second-order valence-electron chi connectivity index (χ2n) is 4.21. The molecule has 0 bridgehead atoms. The van der Waals surface area contributed by atoms with Gasteiger partial charge in [-0.15, -0.1) is 0 Å². The van der Waals surface area contributed by atoms with Crippen LogP contribution in [0.4, 0.5) is 0 Å². The third-order valence-corrected chi connectivity index (χ3v) is 2.90. The van der Waals surface area contributed by atoms with E-state index in [4.69, 9.17) is 0 Å². The van der Waals surface area contributed by atoms with E-state index < -0.39 is 0 Å². The van der Waals surface area contributed by atoms with Gasteiger partial charge in [-0.3, -0.25) is 4.90 Å². The average molecular weight is 214 g/mol. The molecule has 0 aromatic carbocycles. The monoisotopic (exact) mass is 214 g/mol. The molecular formula is C11H22N2S. The molecule has 1 saturated heterocycles. The first kappa shape index (κ1) is 12.1. The predicted octanol–water partition coefficient (Wildman–Crippen LogP) is 1.50. The summed E-state index contributed by atoms with van der Waals surface area (Å²) in [7, 11) is 4.31. The van der Waals surface area contributed by atoms with Crippen molar-refractivity contribution in [2.75, 3.05) is 39.5 Å². The summed E-state index contributed by atoms with van der Waals surface area (Å²) in [5, 5.41) is 0. The first-order chi connectivity index (χ1) is 6.74. The third kappa shape index (κ3) is 4.03. The number of hydrogen-bond acceptors (Lipinski definition) is 3. The second-order valence-corrected chi connectivity index (χ2v) is 4.57. The molecule has 1 aliphatic rings. The minimum Gasteiger partial charge on any atom is -0.308 e. The fourth-order valence-corrected chi connectivity index (χ4v) is 2.20. The van der Waals surface area contributed by atoms with Crippen LogP contribution in [0.25, 0.3) is 0 Å². The number of rotatable bonds is 5. The van der Waals surface area contributed by atoms with E-state index in [1.807, 2.05) is 0 Å². The molecule has 1 fully saturated rings. The van der Waals surface area contributed by atoms with Crippen molar-refractivity contribution in [3.63, 3.8) is 0 Å². The summed E-state index contributed by atoms with van der Waals surface area (Å²) in [6.07, 6.45) is 7.08. The molecule has 1 unspecified atom stereocenters. The molecule has 0 amide bonds. The summed E-state index contributed by atoms with van der Waals surface area (Å²) in [4.78, 5) is 4.85. The molecule has 14 heavy (non-hydrogen) atoms. The largest absolute Gasteiger partial charge is 0.308 e. The van der Waals surface area contributed by atoms with E-state index in [0.717, 1.165) is 18.3 Å². The van der Waals surface area contributed by atoms with E-state index in [1.165, 1.54) is 25.9 Å². The molecular weight excluding hydrogens is 192 g/mol. The van der Waals surface area contributed by atoms with Gasteiger partial charge in [0.25, 0.3) is 0 Å². The summed E-state index contributed by atoms with van der Waals surface area (Å²) in [5.74, 6) is 0.853. The molecule has 0 radical (unpaired) electrons.